The van der Waals surface area contributed by atoms with Crippen molar-refractivity contribution in [3.8, 4) is 0 Å². The summed E-state index contributed by atoms with van der Waals surface area (Å²) in [6, 6.07) is 1.23. The molecule has 1 rings (SSSR count). The third kappa shape index (κ3) is 2.88. The molecule has 0 aliphatic carbocycles. The average molecular weight is 296 g/mol. The van der Waals surface area contributed by atoms with Crippen LogP contribution in [0.1, 0.15) is 10.4 Å². The number of carbonyl (C=O) groups is 1. The second kappa shape index (κ2) is 5.20. The Kier molecular flexibility index (Phi) is 4.17. The van der Waals surface area contributed by atoms with Crippen molar-refractivity contribution < 1.29 is 18.3 Å². The summed E-state index contributed by atoms with van der Waals surface area (Å²) in [6.45, 7) is -0.762. The minimum absolute atomic E-state index is 0.280. The number of halogens is 3. The van der Waals surface area contributed by atoms with Gasteiger partial charge in [-0.3, -0.25) is 4.79 Å². The maximum Gasteiger partial charge on any atom is 0.343 e. The predicted octanol–water partition coefficient (Wildman–Crippen LogP) is 1.66. The molecule has 0 spiro atoms. The summed E-state index contributed by atoms with van der Waals surface area (Å²) in [5.41, 5.74) is -1.08. The first-order valence-electron chi connectivity index (χ1n) is 4.22. The van der Waals surface area contributed by atoms with Gasteiger partial charge in [-0.25, -0.2) is 13.6 Å². The zero-order chi connectivity index (χ0) is 12.3. The van der Waals surface area contributed by atoms with E-state index in [-0.39, 0.29) is 5.56 Å². The molecule has 0 atom stereocenters. The Balaban J connectivity index is 3.26. The molecule has 7 heteroatoms. The van der Waals surface area contributed by atoms with E-state index in [1.54, 1.807) is 0 Å². The van der Waals surface area contributed by atoms with E-state index in [2.05, 4.69) is 20.7 Å². The molecule has 0 saturated heterocycles. The average Bonchev–Trinajstić information content (AvgIpc) is 2.21. The Morgan fingerprint density at radius 1 is 1.62 bits per heavy atom. The fourth-order valence-corrected chi connectivity index (χ4v) is 1.62. The molecule has 0 fully saturated rings. The number of aromatic nitrogens is 1. The number of carbonyl (C=O) groups excluding carboxylic acids is 1. The highest BCUT2D eigenvalue weighted by molar-refractivity contribution is 9.10. The lowest BCUT2D eigenvalue weighted by Gasteiger charge is -2.07. The van der Waals surface area contributed by atoms with Gasteiger partial charge in [-0.15, -0.1) is 0 Å². The van der Waals surface area contributed by atoms with Gasteiger partial charge in [-0.2, -0.15) is 0 Å². The van der Waals surface area contributed by atoms with Gasteiger partial charge in [0.1, 0.15) is 5.56 Å². The third-order valence-corrected chi connectivity index (χ3v) is 2.23. The zero-order valence-electron chi connectivity index (χ0n) is 8.25. The molecular weight excluding hydrogens is 288 g/mol. The van der Waals surface area contributed by atoms with Gasteiger partial charge < -0.3 is 9.30 Å². The van der Waals surface area contributed by atoms with Gasteiger partial charge >= 0.3 is 5.97 Å². The Bertz CT molecular complexity index is 459. The van der Waals surface area contributed by atoms with Gasteiger partial charge in [0.15, 0.2) is 0 Å². The second-order valence-electron chi connectivity index (χ2n) is 2.91. The normalized spacial score (nSPS) is 10.6. The number of alkyl halides is 2. The van der Waals surface area contributed by atoms with E-state index in [9.17, 15) is 18.4 Å². The number of hydrogen-bond donors (Lipinski definition) is 0. The quantitative estimate of drug-likeness (QED) is 0.797. The maximum absolute atomic E-state index is 12.2. The summed E-state index contributed by atoms with van der Waals surface area (Å²) >= 11 is 3.02. The summed E-state index contributed by atoms with van der Waals surface area (Å²) in [5.74, 6) is -0.852. The van der Waals surface area contributed by atoms with Crippen LogP contribution < -0.4 is 5.56 Å². The second-order valence-corrected chi connectivity index (χ2v) is 3.83. The van der Waals surface area contributed by atoms with Crippen LogP contribution in [0.2, 0.25) is 0 Å². The van der Waals surface area contributed by atoms with Gasteiger partial charge in [0.25, 0.3) is 12.0 Å². The van der Waals surface area contributed by atoms with Crippen LogP contribution in [0.5, 0.6) is 0 Å². The van der Waals surface area contributed by atoms with Crippen LogP contribution in [-0.4, -0.2) is 24.1 Å². The van der Waals surface area contributed by atoms with Gasteiger partial charge in [-0.05, 0) is 22.0 Å². The summed E-state index contributed by atoms with van der Waals surface area (Å²) < 4.78 is 29.8. The molecule has 0 unspecified atom stereocenters. The molecule has 0 bridgehead atoms. The number of hydrogen-bond acceptors (Lipinski definition) is 3. The van der Waals surface area contributed by atoms with E-state index in [1.807, 2.05) is 0 Å². The Morgan fingerprint density at radius 2 is 2.25 bits per heavy atom. The highest BCUT2D eigenvalue weighted by atomic mass is 79.9. The summed E-state index contributed by atoms with van der Waals surface area (Å²) in [6.07, 6.45) is -1.47. The van der Waals surface area contributed by atoms with Crippen molar-refractivity contribution in [2.24, 2.45) is 0 Å². The molecule has 0 amide bonds. The van der Waals surface area contributed by atoms with E-state index >= 15 is 0 Å². The Morgan fingerprint density at radius 3 is 2.75 bits per heavy atom. The SMILES string of the molecule is COC(=O)c1cc(Br)cn(CC(F)F)c1=O. The number of ether oxygens (including phenoxy) is 1. The van der Waals surface area contributed by atoms with Crippen LogP contribution in [0, 0.1) is 0 Å². The topological polar surface area (TPSA) is 48.3 Å². The molecule has 0 aliphatic heterocycles. The van der Waals surface area contributed by atoms with Crippen molar-refractivity contribution in [2.75, 3.05) is 7.11 Å². The first-order chi connectivity index (χ1) is 7.45. The molecule has 0 aromatic carbocycles. The largest absolute Gasteiger partial charge is 0.465 e. The van der Waals surface area contributed by atoms with Crippen LogP contribution >= 0.6 is 15.9 Å². The molecule has 0 saturated carbocycles. The van der Waals surface area contributed by atoms with E-state index in [4.69, 9.17) is 0 Å². The standard InChI is InChI=1S/C9H8BrF2NO3/c1-16-9(15)6-2-5(10)3-13(8(6)14)4-7(11)12/h2-3,7H,4H2,1H3. The molecule has 88 valence electrons. The monoisotopic (exact) mass is 295 g/mol. The molecule has 1 heterocycles. The fraction of sp³-hybridized carbons (Fsp3) is 0.333. The highest BCUT2D eigenvalue weighted by Gasteiger charge is 2.15. The first-order valence-corrected chi connectivity index (χ1v) is 5.01. The van der Waals surface area contributed by atoms with Crippen molar-refractivity contribution in [3.63, 3.8) is 0 Å². The van der Waals surface area contributed by atoms with Gasteiger partial charge in [0.05, 0.1) is 13.7 Å². The Labute approximate surface area is 98.0 Å². The minimum atomic E-state index is -2.67. The Hall–Kier alpha value is -1.24. The molecule has 0 radical (unpaired) electrons. The molecule has 1 aromatic heterocycles. The minimum Gasteiger partial charge on any atom is -0.465 e. The van der Waals surface area contributed by atoms with E-state index in [0.29, 0.717) is 4.47 Å². The number of methoxy groups -OCH3 is 1. The molecule has 0 aliphatic rings. The lowest BCUT2D eigenvalue weighted by atomic mass is 10.3. The summed E-state index contributed by atoms with van der Waals surface area (Å²) in [7, 11) is 1.11. The number of rotatable bonds is 3. The van der Waals surface area contributed by atoms with Crippen molar-refractivity contribution in [2.45, 2.75) is 13.0 Å². The maximum atomic E-state index is 12.2. The zero-order valence-corrected chi connectivity index (χ0v) is 9.83. The van der Waals surface area contributed by atoms with Crippen LogP contribution in [-0.2, 0) is 11.3 Å². The summed E-state index contributed by atoms with van der Waals surface area (Å²) in [4.78, 5) is 22.7. The van der Waals surface area contributed by atoms with Gasteiger partial charge in [0.2, 0.25) is 0 Å². The molecule has 0 N–H and O–H groups in total. The van der Waals surface area contributed by atoms with Gasteiger partial charge in [-0.1, -0.05) is 0 Å². The first kappa shape index (κ1) is 12.8. The van der Waals surface area contributed by atoms with E-state index < -0.39 is 24.5 Å². The predicted molar refractivity (Wildman–Crippen MR) is 55.7 cm³/mol. The van der Waals surface area contributed by atoms with Crippen LogP contribution in [0.4, 0.5) is 8.78 Å². The molecule has 4 nitrogen and oxygen atoms in total. The smallest absolute Gasteiger partial charge is 0.343 e. The molecule has 1 aromatic rings. The van der Waals surface area contributed by atoms with Crippen molar-refractivity contribution in [1.29, 1.82) is 0 Å². The number of esters is 1. The van der Waals surface area contributed by atoms with Crippen LogP contribution in [0.25, 0.3) is 0 Å². The number of nitrogens with zero attached hydrogens (tertiary/aromatic N) is 1. The third-order valence-electron chi connectivity index (χ3n) is 1.79. The number of pyridine rings is 1. The van der Waals surface area contributed by atoms with E-state index in [0.717, 1.165) is 11.7 Å². The van der Waals surface area contributed by atoms with Crippen molar-refractivity contribution in [3.05, 3.63) is 32.7 Å². The van der Waals surface area contributed by atoms with Crippen molar-refractivity contribution >= 4 is 21.9 Å². The fourth-order valence-electron chi connectivity index (χ4n) is 1.14. The highest BCUT2D eigenvalue weighted by Crippen LogP contribution is 2.10. The van der Waals surface area contributed by atoms with E-state index in [1.165, 1.54) is 12.3 Å². The van der Waals surface area contributed by atoms with Crippen LogP contribution in [0.3, 0.4) is 0 Å². The molecular formula is C9H8BrF2NO3. The van der Waals surface area contributed by atoms with Crippen molar-refractivity contribution in [1.82, 2.24) is 4.57 Å². The van der Waals surface area contributed by atoms with Crippen LogP contribution in [0.15, 0.2) is 21.5 Å². The summed E-state index contributed by atoms with van der Waals surface area (Å²) in [5, 5.41) is 0. The lowest BCUT2D eigenvalue weighted by molar-refractivity contribution is 0.0596. The lowest BCUT2D eigenvalue weighted by Crippen LogP contribution is -2.28. The molecule has 16 heavy (non-hydrogen) atoms. The van der Waals surface area contributed by atoms with Gasteiger partial charge in [0, 0.05) is 10.7 Å².